The van der Waals surface area contributed by atoms with E-state index in [2.05, 4.69) is 9.19 Å². The zero-order valence-corrected chi connectivity index (χ0v) is 14.2. The lowest BCUT2D eigenvalue weighted by atomic mass is 10.1. The Kier molecular flexibility index (Phi) is 4.05. The van der Waals surface area contributed by atoms with E-state index in [1.54, 1.807) is 29.2 Å². The fraction of sp³-hybridized carbons (Fsp3) is 0.176. The maximum atomic E-state index is 12.6. The quantitative estimate of drug-likeness (QED) is 0.636. The summed E-state index contributed by atoms with van der Waals surface area (Å²) in [6, 6.07) is 13.7. The smallest absolute Gasteiger partial charge is 0.361 e. The Balaban J connectivity index is 2.16. The molecular weight excluding hydrogens is 324 g/mol. The summed E-state index contributed by atoms with van der Waals surface area (Å²) in [6.45, 7) is 4.26. The van der Waals surface area contributed by atoms with E-state index in [1.807, 2.05) is 26.0 Å². The van der Waals surface area contributed by atoms with Crippen LogP contribution in [0.25, 0.3) is 5.53 Å². The number of anilines is 1. The van der Waals surface area contributed by atoms with E-state index in [-0.39, 0.29) is 16.4 Å². The van der Waals surface area contributed by atoms with Gasteiger partial charge in [-0.25, -0.2) is 0 Å². The summed E-state index contributed by atoms with van der Waals surface area (Å²) >= 11 is 0. The zero-order chi connectivity index (χ0) is 17.3. The zero-order valence-electron chi connectivity index (χ0n) is 13.3. The van der Waals surface area contributed by atoms with Crippen LogP contribution in [0.1, 0.15) is 18.1 Å². The van der Waals surface area contributed by atoms with E-state index in [9.17, 15) is 13.9 Å². The molecule has 0 amide bonds. The van der Waals surface area contributed by atoms with Crippen molar-refractivity contribution in [1.82, 2.24) is 0 Å². The fourth-order valence-electron chi connectivity index (χ4n) is 2.66. The van der Waals surface area contributed by atoms with Crippen molar-refractivity contribution in [2.75, 3.05) is 11.4 Å². The molecule has 0 aliphatic carbocycles. The number of sulfonamides is 1. The first-order valence-electron chi connectivity index (χ1n) is 7.49. The van der Waals surface area contributed by atoms with Gasteiger partial charge < -0.3 is 10.4 Å². The van der Waals surface area contributed by atoms with Gasteiger partial charge in [0.2, 0.25) is 5.84 Å². The molecule has 6 nitrogen and oxygen atoms in total. The van der Waals surface area contributed by atoms with Crippen LogP contribution in [0.15, 0.2) is 57.8 Å². The molecule has 2 aromatic carbocycles. The van der Waals surface area contributed by atoms with Gasteiger partial charge in [-0.15, -0.1) is 4.40 Å². The van der Waals surface area contributed by atoms with Crippen molar-refractivity contribution < 1.29 is 13.2 Å². The lowest BCUT2D eigenvalue weighted by Crippen LogP contribution is -2.31. The summed E-state index contributed by atoms with van der Waals surface area (Å²) in [6.07, 6.45) is 0. The van der Waals surface area contributed by atoms with Crippen molar-refractivity contribution in [1.29, 1.82) is 0 Å². The van der Waals surface area contributed by atoms with Gasteiger partial charge in [0.15, 0.2) is 0 Å². The summed E-state index contributed by atoms with van der Waals surface area (Å²) in [5, 5.41) is 0. The molecule has 3 rings (SSSR count). The van der Waals surface area contributed by atoms with E-state index in [4.69, 9.17) is 0 Å². The monoisotopic (exact) mass is 340 g/mol. The largest absolute Gasteiger partial charge is 0.367 e. The van der Waals surface area contributed by atoms with Gasteiger partial charge in [-0.1, -0.05) is 29.8 Å². The third-order valence-electron chi connectivity index (χ3n) is 3.86. The Bertz CT molecular complexity index is 972. The molecule has 0 radical (unpaired) electrons. The second kappa shape index (κ2) is 6.03. The van der Waals surface area contributed by atoms with Gasteiger partial charge in [-0.3, -0.25) is 0 Å². The molecule has 0 saturated heterocycles. The predicted molar refractivity (Wildman–Crippen MR) is 93.0 cm³/mol. The molecule has 24 heavy (non-hydrogen) atoms. The SMILES string of the molecule is CCN1C(=NS(=O)(=O)c2ccc(C)cc2)C(=[N+]=[N-])c2ccccc21. The summed E-state index contributed by atoms with van der Waals surface area (Å²) < 4.78 is 29.2. The molecule has 7 heteroatoms. The van der Waals surface area contributed by atoms with E-state index < -0.39 is 10.0 Å². The van der Waals surface area contributed by atoms with E-state index in [0.717, 1.165) is 11.3 Å². The summed E-state index contributed by atoms with van der Waals surface area (Å²) in [7, 11) is -3.91. The van der Waals surface area contributed by atoms with E-state index in [0.29, 0.717) is 12.1 Å². The molecule has 1 aliphatic rings. The highest BCUT2D eigenvalue weighted by atomic mass is 32.2. The highest BCUT2D eigenvalue weighted by Gasteiger charge is 2.39. The van der Waals surface area contributed by atoms with Crippen molar-refractivity contribution in [3.05, 3.63) is 65.2 Å². The maximum absolute atomic E-state index is 12.6. The lowest BCUT2D eigenvalue weighted by molar-refractivity contribution is -0.000210. The van der Waals surface area contributed by atoms with Crippen molar-refractivity contribution in [3.63, 3.8) is 0 Å². The van der Waals surface area contributed by atoms with Crippen LogP contribution < -0.4 is 4.90 Å². The van der Waals surface area contributed by atoms with E-state index >= 15 is 0 Å². The second-order valence-electron chi connectivity index (χ2n) is 5.41. The molecule has 0 N–H and O–H groups in total. The van der Waals surface area contributed by atoms with Gasteiger partial charge in [0.25, 0.3) is 10.0 Å². The first kappa shape index (κ1) is 16.1. The molecule has 0 aromatic heterocycles. The number of aryl methyl sites for hydroxylation is 1. The number of likely N-dealkylation sites (N-methyl/N-ethyl adjacent to an activating group) is 1. The third-order valence-corrected chi connectivity index (χ3v) is 5.14. The van der Waals surface area contributed by atoms with Gasteiger partial charge in [-0.05, 0) is 38.1 Å². The van der Waals surface area contributed by atoms with Crippen LogP contribution in [0.2, 0.25) is 0 Å². The molecule has 2 aromatic rings. The topological polar surface area (TPSA) is 86.1 Å². The van der Waals surface area contributed by atoms with Gasteiger partial charge in [0, 0.05) is 6.54 Å². The summed E-state index contributed by atoms with van der Waals surface area (Å²) in [5.74, 6) is 0.127. The van der Waals surface area contributed by atoms with Gasteiger partial charge in [-0.2, -0.15) is 13.2 Å². The number of benzene rings is 2. The molecule has 0 bridgehead atoms. The van der Waals surface area contributed by atoms with Crippen LogP contribution >= 0.6 is 0 Å². The number of fused-ring (bicyclic) bond motifs is 1. The number of rotatable bonds is 3. The van der Waals surface area contributed by atoms with Crippen molar-refractivity contribution in [3.8, 4) is 0 Å². The Labute approximate surface area is 140 Å². The average Bonchev–Trinajstić information content (AvgIpc) is 2.86. The summed E-state index contributed by atoms with van der Waals surface area (Å²) in [5.41, 5.74) is 11.9. The Morgan fingerprint density at radius 1 is 1.12 bits per heavy atom. The van der Waals surface area contributed by atoms with Gasteiger partial charge >= 0.3 is 5.71 Å². The Morgan fingerprint density at radius 2 is 1.79 bits per heavy atom. The van der Waals surface area contributed by atoms with Crippen LogP contribution in [0.5, 0.6) is 0 Å². The molecule has 1 heterocycles. The maximum Gasteiger partial charge on any atom is 0.367 e. The molecular formula is C17H16N4O2S. The lowest BCUT2D eigenvalue weighted by Gasteiger charge is -2.15. The molecule has 0 spiro atoms. The number of hydrogen-bond donors (Lipinski definition) is 0. The van der Waals surface area contributed by atoms with Gasteiger partial charge in [0.05, 0.1) is 16.1 Å². The molecule has 1 aliphatic heterocycles. The number of nitrogens with zero attached hydrogens (tertiary/aromatic N) is 4. The van der Waals surface area contributed by atoms with Crippen LogP contribution in [-0.2, 0) is 10.0 Å². The number of para-hydroxylation sites is 1. The van der Waals surface area contributed by atoms with Crippen molar-refractivity contribution in [2.45, 2.75) is 18.7 Å². The minimum absolute atomic E-state index is 0.102. The van der Waals surface area contributed by atoms with Crippen LogP contribution in [0, 0.1) is 6.92 Å². The molecule has 0 fully saturated rings. The van der Waals surface area contributed by atoms with Crippen LogP contribution in [0.3, 0.4) is 0 Å². The third kappa shape index (κ3) is 2.64. The Morgan fingerprint density at radius 3 is 2.42 bits per heavy atom. The average molecular weight is 340 g/mol. The highest BCUT2D eigenvalue weighted by molar-refractivity contribution is 7.90. The molecule has 122 valence electrons. The summed E-state index contributed by atoms with van der Waals surface area (Å²) in [4.78, 5) is 5.10. The fourth-order valence-corrected chi connectivity index (χ4v) is 3.66. The molecule has 0 unspecified atom stereocenters. The van der Waals surface area contributed by atoms with Crippen LogP contribution in [0.4, 0.5) is 5.69 Å². The van der Waals surface area contributed by atoms with Crippen molar-refractivity contribution in [2.24, 2.45) is 4.40 Å². The molecule has 0 saturated carbocycles. The highest BCUT2D eigenvalue weighted by Crippen LogP contribution is 2.29. The normalized spacial score (nSPS) is 15.5. The Hall–Kier alpha value is -2.76. The number of amidine groups is 1. The van der Waals surface area contributed by atoms with Crippen molar-refractivity contribution >= 4 is 27.3 Å². The molecule has 0 atom stereocenters. The standard InChI is InChI=1S/C17H16N4O2S/c1-3-21-15-7-5-4-6-14(15)16(19-18)17(21)20-24(22,23)13-10-8-12(2)9-11-13/h4-11H,3H2,1-2H3. The minimum Gasteiger partial charge on any atom is -0.361 e. The number of hydrogen-bond acceptors (Lipinski definition) is 2. The first-order chi connectivity index (χ1) is 11.5. The van der Waals surface area contributed by atoms with E-state index in [1.165, 1.54) is 12.1 Å². The second-order valence-corrected chi connectivity index (χ2v) is 7.02. The first-order valence-corrected chi connectivity index (χ1v) is 8.93. The minimum atomic E-state index is -3.91. The van der Waals surface area contributed by atoms with Gasteiger partial charge in [0.1, 0.15) is 0 Å². The van der Waals surface area contributed by atoms with Crippen LogP contribution in [-0.4, -0.2) is 31.3 Å². The predicted octanol–water partition coefficient (Wildman–Crippen LogP) is 2.64.